The normalized spacial score (nSPS) is 20.7. The lowest BCUT2D eigenvalue weighted by atomic mass is 9.87. The fraction of sp³-hybridized carbons (Fsp3) is 0.143. The van der Waals surface area contributed by atoms with Gasteiger partial charge in [-0.1, -0.05) is 54.6 Å². The number of sulfonamides is 1. The maximum absolute atomic E-state index is 13.6. The van der Waals surface area contributed by atoms with Crippen LogP contribution in [0.15, 0.2) is 83.8 Å². The SMILES string of the molecule is O=S(=O)(c1ccccc1)N1c2ccccc2[C@H]2CNc3ccccc3[C@H]21. The molecule has 130 valence electrons. The zero-order valence-corrected chi connectivity index (χ0v) is 14.9. The number of para-hydroxylation sites is 2. The van der Waals surface area contributed by atoms with Gasteiger partial charge < -0.3 is 5.32 Å². The van der Waals surface area contributed by atoms with Gasteiger partial charge in [0.25, 0.3) is 10.0 Å². The van der Waals surface area contributed by atoms with Gasteiger partial charge >= 0.3 is 0 Å². The van der Waals surface area contributed by atoms with Crippen molar-refractivity contribution < 1.29 is 8.42 Å². The van der Waals surface area contributed by atoms with Gasteiger partial charge in [0.2, 0.25) is 0 Å². The molecule has 4 nitrogen and oxygen atoms in total. The first kappa shape index (κ1) is 15.5. The largest absolute Gasteiger partial charge is 0.384 e. The second kappa shape index (κ2) is 5.61. The van der Waals surface area contributed by atoms with Crippen molar-refractivity contribution in [2.45, 2.75) is 16.9 Å². The van der Waals surface area contributed by atoms with Crippen LogP contribution in [-0.4, -0.2) is 15.0 Å². The van der Waals surface area contributed by atoms with Crippen molar-refractivity contribution in [1.82, 2.24) is 0 Å². The van der Waals surface area contributed by atoms with E-state index >= 15 is 0 Å². The van der Waals surface area contributed by atoms with E-state index in [2.05, 4.69) is 5.32 Å². The first-order valence-corrected chi connectivity index (χ1v) is 10.1. The van der Waals surface area contributed by atoms with Crippen molar-refractivity contribution in [2.75, 3.05) is 16.2 Å². The van der Waals surface area contributed by atoms with Crippen molar-refractivity contribution in [1.29, 1.82) is 0 Å². The number of anilines is 2. The molecule has 2 aliphatic rings. The van der Waals surface area contributed by atoms with Crippen LogP contribution in [0.4, 0.5) is 11.4 Å². The van der Waals surface area contributed by atoms with Crippen LogP contribution in [0, 0.1) is 0 Å². The van der Waals surface area contributed by atoms with Crippen molar-refractivity contribution in [3.8, 4) is 0 Å². The van der Waals surface area contributed by atoms with Crippen molar-refractivity contribution in [3.63, 3.8) is 0 Å². The summed E-state index contributed by atoms with van der Waals surface area (Å²) in [6.45, 7) is 0.722. The van der Waals surface area contributed by atoms with Crippen LogP contribution >= 0.6 is 0 Å². The van der Waals surface area contributed by atoms with Gasteiger partial charge in [-0.3, -0.25) is 4.31 Å². The Morgan fingerprint density at radius 2 is 1.46 bits per heavy atom. The summed E-state index contributed by atoms with van der Waals surface area (Å²) in [5.74, 6) is 0.0968. The van der Waals surface area contributed by atoms with Gasteiger partial charge in [0.15, 0.2) is 0 Å². The number of rotatable bonds is 2. The van der Waals surface area contributed by atoms with E-state index in [1.165, 1.54) is 0 Å². The Balaban J connectivity index is 1.76. The predicted octanol–water partition coefficient (Wildman–Crippen LogP) is 4.15. The Hall–Kier alpha value is -2.79. The highest BCUT2D eigenvalue weighted by atomic mass is 32.2. The molecule has 2 atom stereocenters. The number of fused-ring (bicyclic) bond motifs is 5. The van der Waals surface area contributed by atoms with Gasteiger partial charge in [-0.15, -0.1) is 0 Å². The van der Waals surface area contributed by atoms with Crippen molar-refractivity contribution >= 4 is 21.4 Å². The van der Waals surface area contributed by atoms with Crippen LogP contribution in [0.5, 0.6) is 0 Å². The average molecular weight is 362 g/mol. The zero-order valence-electron chi connectivity index (χ0n) is 14.0. The van der Waals surface area contributed by atoms with E-state index in [0.29, 0.717) is 4.90 Å². The minimum atomic E-state index is -3.66. The summed E-state index contributed by atoms with van der Waals surface area (Å²) in [4.78, 5) is 0.325. The lowest BCUT2D eigenvalue weighted by Crippen LogP contribution is -2.37. The van der Waals surface area contributed by atoms with Crippen molar-refractivity contribution in [3.05, 3.63) is 90.0 Å². The molecule has 0 saturated heterocycles. The van der Waals surface area contributed by atoms with E-state index in [1.807, 2.05) is 54.6 Å². The van der Waals surface area contributed by atoms with Crippen LogP contribution in [0.3, 0.4) is 0 Å². The minimum Gasteiger partial charge on any atom is -0.384 e. The summed E-state index contributed by atoms with van der Waals surface area (Å²) in [7, 11) is -3.66. The molecule has 0 radical (unpaired) electrons. The molecule has 0 fully saturated rings. The van der Waals surface area contributed by atoms with E-state index in [9.17, 15) is 8.42 Å². The first-order chi connectivity index (χ1) is 12.7. The molecular weight excluding hydrogens is 344 g/mol. The molecular formula is C21H18N2O2S. The van der Waals surface area contributed by atoms with E-state index in [-0.39, 0.29) is 12.0 Å². The first-order valence-electron chi connectivity index (χ1n) is 8.69. The lowest BCUT2D eigenvalue weighted by molar-refractivity contribution is 0.556. The summed E-state index contributed by atoms with van der Waals surface area (Å²) >= 11 is 0. The molecule has 0 saturated carbocycles. The molecule has 26 heavy (non-hydrogen) atoms. The van der Waals surface area contributed by atoms with Gasteiger partial charge in [0, 0.05) is 18.2 Å². The van der Waals surface area contributed by atoms with Gasteiger partial charge in [0.05, 0.1) is 16.6 Å². The number of benzene rings is 3. The second-order valence-electron chi connectivity index (χ2n) is 6.69. The van der Waals surface area contributed by atoms with Gasteiger partial charge in [-0.25, -0.2) is 8.42 Å². The number of hydrogen-bond donors (Lipinski definition) is 1. The molecule has 3 aromatic rings. The van der Waals surface area contributed by atoms with Crippen LogP contribution in [-0.2, 0) is 10.0 Å². The Morgan fingerprint density at radius 1 is 0.808 bits per heavy atom. The quantitative estimate of drug-likeness (QED) is 0.745. The van der Waals surface area contributed by atoms with Crippen LogP contribution in [0.1, 0.15) is 23.1 Å². The molecule has 5 rings (SSSR count). The smallest absolute Gasteiger partial charge is 0.264 e. The van der Waals surface area contributed by atoms with Crippen LogP contribution in [0.25, 0.3) is 0 Å². The third-order valence-electron chi connectivity index (χ3n) is 5.30. The molecule has 3 aromatic carbocycles. The Morgan fingerprint density at radius 3 is 2.27 bits per heavy atom. The van der Waals surface area contributed by atoms with Crippen LogP contribution in [0.2, 0.25) is 0 Å². The molecule has 0 amide bonds. The topological polar surface area (TPSA) is 49.4 Å². The lowest BCUT2D eigenvalue weighted by Gasteiger charge is -2.35. The third-order valence-corrected chi connectivity index (χ3v) is 7.11. The maximum atomic E-state index is 13.6. The fourth-order valence-corrected chi connectivity index (χ4v) is 5.88. The summed E-state index contributed by atoms with van der Waals surface area (Å²) in [6, 6.07) is 24.3. The summed E-state index contributed by atoms with van der Waals surface area (Å²) < 4.78 is 28.8. The van der Waals surface area contributed by atoms with Crippen molar-refractivity contribution in [2.24, 2.45) is 0 Å². The number of hydrogen-bond acceptors (Lipinski definition) is 3. The van der Waals surface area contributed by atoms with E-state index in [0.717, 1.165) is 29.0 Å². The van der Waals surface area contributed by atoms with E-state index < -0.39 is 10.0 Å². The highest BCUT2D eigenvalue weighted by Crippen LogP contribution is 2.54. The average Bonchev–Trinajstić information content (AvgIpc) is 3.04. The van der Waals surface area contributed by atoms with Gasteiger partial charge in [0.1, 0.15) is 0 Å². The zero-order chi connectivity index (χ0) is 17.7. The number of nitrogens with zero attached hydrogens (tertiary/aromatic N) is 1. The molecule has 0 bridgehead atoms. The molecule has 0 spiro atoms. The van der Waals surface area contributed by atoms with Gasteiger partial charge in [-0.2, -0.15) is 0 Å². The van der Waals surface area contributed by atoms with E-state index in [4.69, 9.17) is 0 Å². The van der Waals surface area contributed by atoms with Gasteiger partial charge in [-0.05, 0) is 35.4 Å². The molecule has 5 heteroatoms. The summed E-state index contributed by atoms with van der Waals surface area (Å²) in [5.41, 5.74) is 3.90. The Bertz CT molecular complexity index is 1080. The Kier molecular flexibility index (Phi) is 3.34. The standard InChI is InChI=1S/C21H18N2O2S/c24-26(25,15-8-2-1-3-9-15)23-20-13-7-5-10-16(20)18-14-22-19-12-6-4-11-17(19)21(18)23/h1-13,18,21-22H,14H2/t18-,21-/m1/s1. The molecule has 2 heterocycles. The number of nitrogens with one attached hydrogen (secondary N) is 1. The summed E-state index contributed by atoms with van der Waals surface area (Å²) in [6.07, 6.45) is 0. The van der Waals surface area contributed by atoms with Crippen LogP contribution < -0.4 is 9.62 Å². The highest BCUT2D eigenvalue weighted by Gasteiger charge is 2.47. The monoisotopic (exact) mass is 362 g/mol. The molecule has 0 unspecified atom stereocenters. The predicted molar refractivity (Wildman–Crippen MR) is 103 cm³/mol. The maximum Gasteiger partial charge on any atom is 0.264 e. The Labute approximate surface area is 153 Å². The third kappa shape index (κ3) is 2.10. The highest BCUT2D eigenvalue weighted by molar-refractivity contribution is 7.92. The summed E-state index contributed by atoms with van der Waals surface area (Å²) in [5, 5.41) is 3.47. The fourth-order valence-electron chi connectivity index (χ4n) is 4.17. The molecule has 2 aliphatic heterocycles. The van der Waals surface area contributed by atoms with E-state index in [1.54, 1.807) is 28.6 Å². The second-order valence-corrected chi connectivity index (χ2v) is 8.51. The molecule has 0 aliphatic carbocycles. The molecule has 1 N–H and O–H groups in total. The molecule has 0 aromatic heterocycles. The minimum absolute atomic E-state index is 0.0968.